The van der Waals surface area contributed by atoms with Crippen molar-refractivity contribution in [2.45, 2.75) is 6.04 Å². The molecule has 2 aromatic carbocycles. The summed E-state index contributed by atoms with van der Waals surface area (Å²) in [5.41, 5.74) is 4.64. The average Bonchev–Trinajstić information content (AvgIpc) is 2.83. The van der Waals surface area contributed by atoms with E-state index in [9.17, 15) is 15.3 Å². The zero-order valence-electron chi connectivity index (χ0n) is 15.9. The molecule has 1 aliphatic heterocycles. The van der Waals surface area contributed by atoms with Gasteiger partial charge in [-0.3, -0.25) is 4.98 Å². The molecule has 3 aromatic rings. The number of hydrogen-bond acceptors (Lipinski definition) is 5. The molecular formula is C25H16N4O. The predicted octanol–water partition coefficient (Wildman–Crippen LogP) is 4.34. The van der Waals surface area contributed by atoms with Gasteiger partial charge in [0.2, 0.25) is 0 Å². The maximum atomic E-state index is 12.2. The van der Waals surface area contributed by atoms with Crippen molar-refractivity contribution < 1.29 is 4.79 Å². The predicted molar refractivity (Wildman–Crippen MR) is 115 cm³/mol. The van der Waals surface area contributed by atoms with E-state index in [1.54, 1.807) is 36.5 Å². The number of aromatic nitrogens is 1. The minimum Gasteiger partial charge on any atom is -0.333 e. The number of nitrogens with zero attached hydrogens (tertiary/aromatic N) is 4. The Hall–Kier alpha value is -4.48. The van der Waals surface area contributed by atoms with Crippen LogP contribution in [0.4, 0.5) is 5.69 Å². The minimum atomic E-state index is -0.652. The Balaban J connectivity index is 1.94. The van der Waals surface area contributed by atoms with Crippen molar-refractivity contribution in [3.8, 4) is 12.1 Å². The van der Waals surface area contributed by atoms with Gasteiger partial charge in [0.15, 0.2) is 0 Å². The summed E-state index contributed by atoms with van der Waals surface area (Å²) in [5, 5.41) is 18.9. The lowest BCUT2D eigenvalue weighted by Gasteiger charge is -2.33. The lowest BCUT2D eigenvalue weighted by molar-refractivity contribution is -0.107. The Morgan fingerprint density at radius 1 is 0.967 bits per heavy atom. The fraction of sp³-hybridized carbons (Fsp3) is 0.0400. The highest BCUT2D eigenvalue weighted by atomic mass is 16.1. The standard InChI is InChI=1S/C25H16N4O/c26-14-18-6-5-8-21(12-18)29-16-20(24-10-3-4-11-28-24)13-23(25(29)17-30)22-9-2-1-7-19(22)15-27/h1-13,16-17,25H. The molecule has 0 N–H and O–H groups in total. The maximum Gasteiger partial charge on any atom is 0.147 e. The number of carbonyl (C=O) groups excluding carboxylic acids is 1. The van der Waals surface area contributed by atoms with E-state index < -0.39 is 6.04 Å². The third kappa shape index (κ3) is 3.48. The third-order valence-corrected chi connectivity index (χ3v) is 4.93. The molecular weight excluding hydrogens is 372 g/mol. The van der Waals surface area contributed by atoms with E-state index in [0.717, 1.165) is 17.6 Å². The second kappa shape index (κ2) is 8.26. The highest BCUT2D eigenvalue weighted by Crippen LogP contribution is 2.35. The highest BCUT2D eigenvalue weighted by molar-refractivity contribution is 5.99. The molecule has 0 spiro atoms. The summed E-state index contributed by atoms with van der Waals surface area (Å²) in [4.78, 5) is 18.5. The number of allylic oxidation sites excluding steroid dienone is 2. The summed E-state index contributed by atoms with van der Waals surface area (Å²) in [7, 11) is 0. The molecule has 0 fully saturated rings. The van der Waals surface area contributed by atoms with E-state index in [4.69, 9.17) is 0 Å². The van der Waals surface area contributed by atoms with Crippen LogP contribution in [-0.2, 0) is 4.79 Å². The zero-order chi connectivity index (χ0) is 20.9. The normalized spacial score (nSPS) is 15.4. The van der Waals surface area contributed by atoms with Crippen LogP contribution >= 0.6 is 0 Å². The second-order valence-corrected chi connectivity index (χ2v) is 6.71. The van der Waals surface area contributed by atoms with Crippen LogP contribution in [0.2, 0.25) is 0 Å². The third-order valence-electron chi connectivity index (χ3n) is 4.93. The van der Waals surface area contributed by atoms with Crippen molar-refractivity contribution in [3.05, 3.63) is 108 Å². The van der Waals surface area contributed by atoms with E-state index in [-0.39, 0.29) is 0 Å². The highest BCUT2D eigenvalue weighted by Gasteiger charge is 2.28. The molecule has 0 saturated carbocycles. The summed E-state index contributed by atoms with van der Waals surface area (Å²) in [6, 6.07) is 23.6. The van der Waals surface area contributed by atoms with Gasteiger partial charge in [0.25, 0.3) is 0 Å². The van der Waals surface area contributed by atoms with Crippen LogP contribution in [0.3, 0.4) is 0 Å². The van der Waals surface area contributed by atoms with Gasteiger partial charge in [-0.25, -0.2) is 0 Å². The lowest BCUT2D eigenvalue weighted by Crippen LogP contribution is -2.36. The summed E-state index contributed by atoms with van der Waals surface area (Å²) in [6.45, 7) is 0. The number of carbonyl (C=O) groups is 1. The summed E-state index contributed by atoms with van der Waals surface area (Å²) in [6.07, 6.45) is 6.32. The lowest BCUT2D eigenvalue weighted by atomic mass is 9.89. The van der Waals surface area contributed by atoms with Gasteiger partial charge in [-0.2, -0.15) is 10.5 Å². The molecule has 0 bridgehead atoms. The largest absolute Gasteiger partial charge is 0.333 e. The Morgan fingerprint density at radius 3 is 2.53 bits per heavy atom. The number of benzene rings is 2. The SMILES string of the molecule is N#Cc1cccc(N2C=C(c3ccccn3)C=C(c3ccccc3C#N)C2C=O)c1. The van der Waals surface area contributed by atoms with Gasteiger partial charge in [-0.05, 0) is 53.6 Å². The molecule has 5 heteroatoms. The monoisotopic (exact) mass is 388 g/mol. The van der Waals surface area contributed by atoms with Crippen molar-refractivity contribution in [2.75, 3.05) is 4.90 Å². The Labute approximate surface area is 174 Å². The molecule has 0 aliphatic carbocycles. The van der Waals surface area contributed by atoms with Crippen LogP contribution in [0.15, 0.2) is 85.2 Å². The molecule has 1 aliphatic rings. The number of rotatable bonds is 4. The molecule has 0 amide bonds. The van der Waals surface area contributed by atoms with Crippen LogP contribution in [0.5, 0.6) is 0 Å². The first-order chi connectivity index (χ1) is 14.7. The van der Waals surface area contributed by atoms with E-state index >= 15 is 0 Å². The molecule has 30 heavy (non-hydrogen) atoms. The molecule has 1 aromatic heterocycles. The molecule has 2 heterocycles. The summed E-state index contributed by atoms with van der Waals surface area (Å²) < 4.78 is 0. The smallest absolute Gasteiger partial charge is 0.147 e. The van der Waals surface area contributed by atoms with Crippen molar-refractivity contribution in [2.24, 2.45) is 0 Å². The van der Waals surface area contributed by atoms with Gasteiger partial charge in [0.05, 0.1) is 29.0 Å². The Kier molecular flexibility index (Phi) is 5.19. The maximum absolute atomic E-state index is 12.2. The Morgan fingerprint density at radius 2 is 1.80 bits per heavy atom. The number of anilines is 1. The van der Waals surface area contributed by atoms with Crippen molar-refractivity contribution in [1.29, 1.82) is 10.5 Å². The first-order valence-corrected chi connectivity index (χ1v) is 9.33. The summed E-state index contributed by atoms with van der Waals surface area (Å²) in [5.74, 6) is 0. The molecule has 1 atom stereocenters. The van der Waals surface area contributed by atoms with E-state index in [2.05, 4.69) is 17.1 Å². The van der Waals surface area contributed by atoms with Crippen LogP contribution < -0.4 is 4.90 Å². The Bertz CT molecular complexity index is 1250. The molecule has 1 unspecified atom stereocenters. The summed E-state index contributed by atoms with van der Waals surface area (Å²) >= 11 is 0. The van der Waals surface area contributed by atoms with Crippen LogP contribution in [0.25, 0.3) is 11.1 Å². The van der Waals surface area contributed by atoms with Crippen molar-refractivity contribution in [3.63, 3.8) is 0 Å². The molecule has 0 radical (unpaired) electrons. The topological polar surface area (TPSA) is 80.8 Å². The van der Waals surface area contributed by atoms with Gasteiger partial charge >= 0.3 is 0 Å². The quantitative estimate of drug-likeness (QED) is 0.621. The number of hydrogen-bond donors (Lipinski definition) is 0. The van der Waals surface area contributed by atoms with Gasteiger partial charge in [-0.15, -0.1) is 0 Å². The minimum absolute atomic E-state index is 0.489. The molecule has 5 nitrogen and oxygen atoms in total. The number of aldehydes is 1. The van der Waals surface area contributed by atoms with Gasteiger partial charge in [-0.1, -0.05) is 30.3 Å². The van der Waals surface area contributed by atoms with Gasteiger partial charge < -0.3 is 9.69 Å². The van der Waals surface area contributed by atoms with E-state index in [1.165, 1.54) is 0 Å². The molecule has 0 saturated heterocycles. The van der Waals surface area contributed by atoms with E-state index in [0.29, 0.717) is 28.0 Å². The fourth-order valence-electron chi connectivity index (χ4n) is 3.52. The van der Waals surface area contributed by atoms with Gasteiger partial charge in [0, 0.05) is 23.7 Å². The van der Waals surface area contributed by atoms with E-state index in [1.807, 2.05) is 53.6 Å². The molecule has 142 valence electrons. The number of nitriles is 2. The van der Waals surface area contributed by atoms with Crippen molar-refractivity contribution in [1.82, 2.24) is 4.98 Å². The first kappa shape index (κ1) is 18.9. The zero-order valence-corrected chi connectivity index (χ0v) is 15.9. The first-order valence-electron chi connectivity index (χ1n) is 9.33. The van der Waals surface area contributed by atoms with Crippen LogP contribution in [0, 0.1) is 22.7 Å². The molecule has 4 rings (SSSR count). The van der Waals surface area contributed by atoms with Crippen molar-refractivity contribution >= 4 is 23.1 Å². The van der Waals surface area contributed by atoms with Gasteiger partial charge in [0.1, 0.15) is 12.3 Å². The van der Waals surface area contributed by atoms with Crippen LogP contribution in [-0.4, -0.2) is 17.3 Å². The number of pyridine rings is 1. The fourth-order valence-corrected chi connectivity index (χ4v) is 3.52. The average molecular weight is 388 g/mol. The second-order valence-electron chi connectivity index (χ2n) is 6.71. The van der Waals surface area contributed by atoms with Crippen LogP contribution in [0.1, 0.15) is 22.4 Å².